The summed E-state index contributed by atoms with van der Waals surface area (Å²) < 4.78 is 11.3. The van der Waals surface area contributed by atoms with Crippen LogP contribution in [-0.4, -0.2) is 55.7 Å². The molecule has 2 rings (SSSR count). The van der Waals surface area contributed by atoms with E-state index in [1.54, 1.807) is 6.08 Å². The van der Waals surface area contributed by atoms with E-state index in [1.807, 2.05) is 26.8 Å². The van der Waals surface area contributed by atoms with E-state index in [-0.39, 0.29) is 23.6 Å². The molecular weight excluding hydrogens is 256 g/mol. The molecule has 110 valence electrons. The van der Waals surface area contributed by atoms with Crippen LogP contribution in [0.15, 0.2) is 11.6 Å². The number of hydrogen-bond acceptors (Lipinski definition) is 5. The first-order valence-electron chi connectivity index (χ1n) is 7.02. The zero-order valence-electron chi connectivity index (χ0n) is 12.4. The number of allylic oxidation sites excluding steroid dienone is 1. The second kappa shape index (κ2) is 6.04. The Balaban J connectivity index is 1.95. The molecule has 2 heterocycles. The maximum atomic E-state index is 12.1. The van der Waals surface area contributed by atoms with Gasteiger partial charge in [-0.2, -0.15) is 5.26 Å². The zero-order valence-corrected chi connectivity index (χ0v) is 12.4. The van der Waals surface area contributed by atoms with Crippen molar-refractivity contribution in [2.24, 2.45) is 5.41 Å². The standard InChI is InChI=1S/C15H22N2O3/c1-15(2,3)14(18)11(8-16)4-5-17-9-12-13(10-17)20-7-6-19-12/h4,12-13H,5-7,9-10H2,1-3H3/b11-4+/t12-,13+. The molecule has 5 nitrogen and oxygen atoms in total. The molecule has 0 bridgehead atoms. The van der Waals surface area contributed by atoms with Gasteiger partial charge in [-0.3, -0.25) is 9.69 Å². The van der Waals surface area contributed by atoms with Crippen LogP contribution < -0.4 is 0 Å². The highest BCUT2D eigenvalue weighted by Crippen LogP contribution is 2.22. The summed E-state index contributed by atoms with van der Waals surface area (Å²) in [6.45, 7) is 8.96. The highest BCUT2D eigenvalue weighted by atomic mass is 16.6. The van der Waals surface area contributed by atoms with Crippen LogP contribution in [0.2, 0.25) is 0 Å². The molecule has 2 atom stereocenters. The van der Waals surface area contributed by atoms with Gasteiger partial charge >= 0.3 is 0 Å². The van der Waals surface area contributed by atoms with Crippen LogP contribution in [0.25, 0.3) is 0 Å². The number of hydrogen-bond donors (Lipinski definition) is 0. The number of nitriles is 1. The first kappa shape index (κ1) is 15.2. The fourth-order valence-corrected chi connectivity index (χ4v) is 2.50. The first-order valence-corrected chi connectivity index (χ1v) is 7.02. The molecule has 20 heavy (non-hydrogen) atoms. The number of fused-ring (bicyclic) bond motifs is 1. The Morgan fingerprint density at radius 3 is 2.30 bits per heavy atom. The summed E-state index contributed by atoms with van der Waals surface area (Å²) >= 11 is 0. The molecule has 0 aliphatic carbocycles. The minimum Gasteiger partial charge on any atom is -0.372 e. The molecule has 0 aromatic heterocycles. The molecule has 2 saturated heterocycles. The molecular formula is C15H22N2O3. The van der Waals surface area contributed by atoms with Gasteiger partial charge in [-0.05, 0) is 6.08 Å². The Morgan fingerprint density at radius 2 is 1.85 bits per heavy atom. The van der Waals surface area contributed by atoms with Crippen molar-refractivity contribution in [1.82, 2.24) is 4.90 Å². The number of carbonyl (C=O) groups is 1. The van der Waals surface area contributed by atoms with E-state index in [2.05, 4.69) is 4.90 Å². The number of likely N-dealkylation sites (tertiary alicyclic amines) is 1. The van der Waals surface area contributed by atoms with Crippen LogP contribution >= 0.6 is 0 Å². The van der Waals surface area contributed by atoms with Gasteiger partial charge in [-0.25, -0.2) is 0 Å². The predicted octanol–water partition coefficient (Wildman–Crippen LogP) is 1.15. The molecule has 0 unspecified atom stereocenters. The summed E-state index contributed by atoms with van der Waals surface area (Å²) in [5, 5.41) is 9.13. The number of ketones is 1. The second-order valence-corrected chi connectivity index (χ2v) is 6.35. The number of Topliss-reactive ketones (excluding diaryl/α,β-unsaturated/α-hetero) is 1. The Bertz CT molecular complexity index is 431. The summed E-state index contributed by atoms with van der Waals surface area (Å²) in [6.07, 6.45) is 1.98. The third-order valence-electron chi connectivity index (χ3n) is 3.64. The van der Waals surface area contributed by atoms with E-state index in [9.17, 15) is 4.79 Å². The fourth-order valence-electron chi connectivity index (χ4n) is 2.50. The fraction of sp³-hybridized carbons (Fsp3) is 0.733. The van der Waals surface area contributed by atoms with Crippen LogP contribution in [0.5, 0.6) is 0 Å². The minimum absolute atomic E-state index is 0.107. The zero-order chi connectivity index (χ0) is 14.8. The summed E-state index contributed by atoms with van der Waals surface area (Å²) in [7, 11) is 0. The quantitative estimate of drug-likeness (QED) is 0.572. The van der Waals surface area contributed by atoms with E-state index in [1.165, 1.54) is 0 Å². The Labute approximate surface area is 120 Å². The lowest BCUT2D eigenvalue weighted by Crippen LogP contribution is -2.36. The van der Waals surface area contributed by atoms with Gasteiger partial charge in [0.15, 0.2) is 5.78 Å². The van der Waals surface area contributed by atoms with Gasteiger partial charge in [0.1, 0.15) is 6.07 Å². The van der Waals surface area contributed by atoms with Crippen molar-refractivity contribution in [1.29, 1.82) is 5.26 Å². The Hall–Kier alpha value is -1.22. The molecule has 5 heteroatoms. The van der Waals surface area contributed by atoms with Gasteiger partial charge in [0, 0.05) is 25.0 Å². The lowest BCUT2D eigenvalue weighted by atomic mass is 9.86. The average Bonchev–Trinajstić information content (AvgIpc) is 2.80. The topological polar surface area (TPSA) is 62.6 Å². The van der Waals surface area contributed by atoms with Crippen molar-refractivity contribution < 1.29 is 14.3 Å². The van der Waals surface area contributed by atoms with Gasteiger partial charge in [-0.15, -0.1) is 0 Å². The molecule has 0 radical (unpaired) electrons. The van der Waals surface area contributed by atoms with E-state index < -0.39 is 5.41 Å². The normalized spacial score (nSPS) is 28.0. The van der Waals surface area contributed by atoms with Crippen molar-refractivity contribution in [2.45, 2.75) is 33.0 Å². The van der Waals surface area contributed by atoms with Crippen molar-refractivity contribution in [3.05, 3.63) is 11.6 Å². The molecule has 0 aromatic carbocycles. The van der Waals surface area contributed by atoms with Crippen LogP contribution in [0, 0.1) is 16.7 Å². The number of carbonyl (C=O) groups excluding carboxylic acids is 1. The Kier molecular flexibility index (Phi) is 4.59. The van der Waals surface area contributed by atoms with Crippen molar-refractivity contribution in [3.63, 3.8) is 0 Å². The minimum atomic E-state index is -0.521. The lowest BCUT2D eigenvalue weighted by molar-refractivity contribution is -0.122. The lowest BCUT2D eigenvalue weighted by Gasteiger charge is -2.24. The van der Waals surface area contributed by atoms with Crippen LogP contribution in [0.1, 0.15) is 20.8 Å². The molecule has 0 saturated carbocycles. The van der Waals surface area contributed by atoms with Gasteiger partial charge < -0.3 is 9.47 Å². The van der Waals surface area contributed by atoms with E-state index >= 15 is 0 Å². The summed E-state index contributed by atoms with van der Waals surface area (Å²) in [4.78, 5) is 14.3. The molecule has 0 aromatic rings. The smallest absolute Gasteiger partial charge is 0.178 e. The molecule has 2 aliphatic heterocycles. The highest BCUT2D eigenvalue weighted by molar-refractivity contribution is 6.02. The third kappa shape index (κ3) is 3.45. The van der Waals surface area contributed by atoms with Gasteiger partial charge in [0.25, 0.3) is 0 Å². The molecule has 0 spiro atoms. The molecule has 2 aliphatic rings. The molecule has 2 fully saturated rings. The number of nitrogens with zero attached hydrogens (tertiary/aromatic N) is 2. The second-order valence-electron chi connectivity index (χ2n) is 6.35. The van der Waals surface area contributed by atoms with Crippen molar-refractivity contribution in [2.75, 3.05) is 32.8 Å². The monoisotopic (exact) mass is 278 g/mol. The molecule has 0 amide bonds. The van der Waals surface area contributed by atoms with E-state index in [4.69, 9.17) is 14.7 Å². The van der Waals surface area contributed by atoms with Crippen LogP contribution in [-0.2, 0) is 14.3 Å². The maximum Gasteiger partial charge on any atom is 0.178 e. The van der Waals surface area contributed by atoms with Gasteiger partial charge in [-0.1, -0.05) is 20.8 Å². The van der Waals surface area contributed by atoms with E-state index in [0.717, 1.165) is 13.1 Å². The average molecular weight is 278 g/mol. The van der Waals surface area contributed by atoms with Crippen molar-refractivity contribution >= 4 is 5.78 Å². The van der Waals surface area contributed by atoms with Crippen LogP contribution in [0.4, 0.5) is 0 Å². The largest absolute Gasteiger partial charge is 0.372 e. The summed E-state index contributed by atoms with van der Waals surface area (Å²) in [5.41, 5.74) is -0.276. The third-order valence-corrected chi connectivity index (χ3v) is 3.64. The predicted molar refractivity (Wildman–Crippen MR) is 74.1 cm³/mol. The van der Waals surface area contributed by atoms with E-state index in [0.29, 0.717) is 19.8 Å². The first-order chi connectivity index (χ1) is 9.41. The summed E-state index contributed by atoms with van der Waals surface area (Å²) in [5.74, 6) is -0.107. The molecule has 0 N–H and O–H groups in total. The van der Waals surface area contributed by atoms with Crippen molar-refractivity contribution in [3.8, 4) is 6.07 Å². The van der Waals surface area contributed by atoms with Crippen LogP contribution in [0.3, 0.4) is 0 Å². The van der Waals surface area contributed by atoms with Gasteiger partial charge in [0.05, 0.1) is 31.0 Å². The summed E-state index contributed by atoms with van der Waals surface area (Å²) in [6, 6.07) is 2.02. The number of rotatable bonds is 3. The number of ether oxygens (including phenoxy) is 2. The SMILES string of the molecule is CC(C)(C)C(=O)/C(C#N)=C/CN1C[C@@H]2OCCO[C@@H]2C1. The van der Waals surface area contributed by atoms with Gasteiger partial charge in [0.2, 0.25) is 0 Å². The Morgan fingerprint density at radius 1 is 1.30 bits per heavy atom. The maximum absolute atomic E-state index is 12.1. The highest BCUT2D eigenvalue weighted by Gasteiger charge is 2.36.